The highest BCUT2D eigenvalue weighted by atomic mass is 19.1. The van der Waals surface area contributed by atoms with Crippen LogP contribution in [0.3, 0.4) is 0 Å². The summed E-state index contributed by atoms with van der Waals surface area (Å²) in [6.45, 7) is 4.19. The van der Waals surface area contributed by atoms with E-state index in [1.807, 2.05) is 13.8 Å². The maximum Gasteiger partial charge on any atom is 0.323 e. The van der Waals surface area contributed by atoms with Crippen LogP contribution in [0.25, 0.3) is 0 Å². The number of rotatable bonds is 4. The maximum absolute atomic E-state index is 13.2. The van der Waals surface area contributed by atoms with Gasteiger partial charge in [-0.15, -0.1) is 0 Å². The number of halogens is 1. The van der Waals surface area contributed by atoms with Gasteiger partial charge in [0.25, 0.3) is 11.8 Å². The standard InChI is InChI=1S/C19H18FN3O3/c1-11(2)10-23-17(24)15-7-6-14(9-16(15)18(23)25)22-19(26)21-13-5-3-4-12(20)8-13/h3-9,11H,10H2,1-2H3,(H2,21,22,26). The van der Waals surface area contributed by atoms with Crippen LogP contribution in [0.1, 0.15) is 34.6 Å². The van der Waals surface area contributed by atoms with Gasteiger partial charge >= 0.3 is 6.03 Å². The van der Waals surface area contributed by atoms with Crippen molar-refractivity contribution in [3.63, 3.8) is 0 Å². The van der Waals surface area contributed by atoms with Gasteiger partial charge in [0, 0.05) is 17.9 Å². The number of carbonyl (C=O) groups excluding carboxylic acids is 3. The number of nitrogens with one attached hydrogen (secondary N) is 2. The number of nitrogens with zero attached hydrogens (tertiary/aromatic N) is 1. The van der Waals surface area contributed by atoms with Gasteiger partial charge in [-0.2, -0.15) is 0 Å². The lowest BCUT2D eigenvalue weighted by Gasteiger charge is -2.15. The van der Waals surface area contributed by atoms with Crippen molar-refractivity contribution in [2.45, 2.75) is 13.8 Å². The fourth-order valence-electron chi connectivity index (χ4n) is 2.76. The van der Waals surface area contributed by atoms with Crippen LogP contribution in [-0.2, 0) is 0 Å². The van der Waals surface area contributed by atoms with E-state index in [1.54, 1.807) is 12.1 Å². The summed E-state index contributed by atoms with van der Waals surface area (Å²) in [5.74, 6) is -0.996. The molecule has 0 fully saturated rings. The van der Waals surface area contributed by atoms with Crippen LogP contribution in [0.15, 0.2) is 42.5 Å². The Bertz CT molecular complexity index is 895. The van der Waals surface area contributed by atoms with Crippen LogP contribution in [0, 0.1) is 11.7 Å². The fourth-order valence-corrected chi connectivity index (χ4v) is 2.76. The number of fused-ring (bicyclic) bond motifs is 1. The molecule has 2 aromatic carbocycles. The molecule has 1 heterocycles. The molecule has 6 nitrogen and oxygen atoms in total. The van der Waals surface area contributed by atoms with Gasteiger partial charge in [-0.25, -0.2) is 9.18 Å². The molecule has 0 atom stereocenters. The minimum atomic E-state index is -0.577. The Hall–Kier alpha value is -3.22. The predicted octanol–water partition coefficient (Wildman–Crippen LogP) is 3.72. The van der Waals surface area contributed by atoms with Gasteiger partial charge in [-0.3, -0.25) is 14.5 Å². The number of urea groups is 1. The predicted molar refractivity (Wildman–Crippen MR) is 95.7 cm³/mol. The topological polar surface area (TPSA) is 78.5 Å². The number of carbonyl (C=O) groups is 3. The van der Waals surface area contributed by atoms with E-state index in [1.165, 1.54) is 35.2 Å². The molecule has 1 aliphatic rings. The highest BCUT2D eigenvalue weighted by molar-refractivity contribution is 6.22. The monoisotopic (exact) mass is 355 g/mol. The van der Waals surface area contributed by atoms with Gasteiger partial charge < -0.3 is 10.6 Å². The van der Waals surface area contributed by atoms with E-state index in [-0.39, 0.29) is 23.3 Å². The number of amides is 4. The van der Waals surface area contributed by atoms with Crippen LogP contribution in [0.4, 0.5) is 20.6 Å². The van der Waals surface area contributed by atoms with E-state index >= 15 is 0 Å². The summed E-state index contributed by atoms with van der Waals surface area (Å²) in [6.07, 6.45) is 0. The Morgan fingerprint density at radius 1 is 1.00 bits per heavy atom. The van der Waals surface area contributed by atoms with Crippen LogP contribution in [-0.4, -0.2) is 29.3 Å². The molecule has 134 valence electrons. The number of hydrogen-bond acceptors (Lipinski definition) is 3. The van der Waals surface area contributed by atoms with Crippen LogP contribution >= 0.6 is 0 Å². The van der Waals surface area contributed by atoms with Crippen LogP contribution < -0.4 is 10.6 Å². The molecule has 0 bridgehead atoms. The third-order valence-electron chi connectivity index (χ3n) is 3.86. The zero-order chi connectivity index (χ0) is 18.8. The molecule has 26 heavy (non-hydrogen) atoms. The summed E-state index contributed by atoms with van der Waals surface area (Å²) in [5, 5.41) is 5.08. The molecule has 0 aromatic heterocycles. The molecule has 0 spiro atoms. The second-order valence-electron chi connectivity index (χ2n) is 6.46. The quantitative estimate of drug-likeness (QED) is 0.821. The van der Waals surface area contributed by atoms with E-state index in [2.05, 4.69) is 10.6 Å². The Kier molecular flexibility index (Phi) is 4.71. The highest BCUT2D eigenvalue weighted by Crippen LogP contribution is 2.26. The van der Waals surface area contributed by atoms with Crippen molar-refractivity contribution in [1.82, 2.24) is 4.90 Å². The lowest BCUT2D eigenvalue weighted by Crippen LogP contribution is -2.33. The van der Waals surface area contributed by atoms with E-state index < -0.39 is 11.8 Å². The van der Waals surface area contributed by atoms with Crippen molar-refractivity contribution < 1.29 is 18.8 Å². The number of imide groups is 1. The Balaban J connectivity index is 1.74. The molecule has 1 aliphatic heterocycles. The first-order valence-corrected chi connectivity index (χ1v) is 8.19. The summed E-state index contributed by atoms with van der Waals surface area (Å²) in [6, 6.07) is 9.46. The first-order chi connectivity index (χ1) is 12.3. The van der Waals surface area contributed by atoms with Gasteiger partial charge in [-0.1, -0.05) is 19.9 Å². The summed E-state index contributed by atoms with van der Waals surface area (Å²) in [7, 11) is 0. The molecule has 4 amide bonds. The minimum Gasteiger partial charge on any atom is -0.308 e. The third kappa shape index (κ3) is 3.56. The number of benzene rings is 2. The smallest absolute Gasteiger partial charge is 0.308 e. The fraction of sp³-hybridized carbons (Fsp3) is 0.211. The Labute approximate surface area is 150 Å². The first kappa shape index (κ1) is 17.6. The van der Waals surface area contributed by atoms with Crippen molar-refractivity contribution in [3.8, 4) is 0 Å². The Morgan fingerprint density at radius 3 is 2.31 bits per heavy atom. The molecule has 0 aliphatic carbocycles. The molecule has 2 aromatic rings. The minimum absolute atomic E-state index is 0.159. The number of hydrogen-bond donors (Lipinski definition) is 2. The zero-order valence-electron chi connectivity index (χ0n) is 14.4. The molecular weight excluding hydrogens is 337 g/mol. The second kappa shape index (κ2) is 6.95. The third-order valence-corrected chi connectivity index (χ3v) is 3.86. The largest absolute Gasteiger partial charge is 0.323 e. The summed E-state index contributed by atoms with van der Waals surface area (Å²) in [5.41, 5.74) is 1.26. The van der Waals surface area contributed by atoms with Gasteiger partial charge in [0.15, 0.2) is 0 Å². The molecule has 2 N–H and O–H groups in total. The zero-order valence-corrected chi connectivity index (χ0v) is 14.4. The average molecular weight is 355 g/mol. The molecule has 3 rings (SSSR count). The summed E-state index contributed by atoms with van der Waals surface area (Å²) < 4.78 is 13.2. The molecular formula is C19H18FN3O3. The highest BCUT2D eigenvalue weighted by Gasteiger charge is 2.35. The van der Waals surface area contributed by atoms with E-state index in [4.69, 9.17) is 0 Å². The first-order valence-electron chi connectivity index (χ1n) is 8.19. The average Bonchev–Trinajstić information content (AvgIpc) is 2.79. The van der Waals surface area contributed by atoms with Crippen molar-refractivity contribution in [1.29, 1.82) is 0 Å². The molecule has 0 saturated heterocycles. The maximum atomic E-state index is 13.2. The van der Waals surface area contributed by atoms with E-state index in [0.29, 0.717) is 23.5 Å². The molecule has 7 heteroatoms. The molecule has 0 unspecified atom stereocenters. The Morgan fingerprint density at radius 2 is 1.65 bits per heavy atom. The molecule has 0 saturated carbocycles. The van der Waals surface area contributed by atoms with Crippen LogP contribution in [0.5, 0.6) is 0 Å². The lowest BCUT2D eigenvalue weighted by atomic mass is 10.1. The van der Waals surface area contributed by atoms with Gasteiger partial charge in [0.1, 0.15) is 5.82 Å². The van der Waals surface area contributed by atoms with Crippen molar-refractivity contribution in [3.05, 3.63) is 59.4 Å². The van der Waals surface area contributed by atoms with Crippen molar-refractivity contribution in [2.24, 2.45) is 5.92 Å². The number of anilines is 2. The van der Waals surface area contributed by atoms with Gasteiger partial charge in [0.2, 0.25) is 0 Å². The summed E-state index contributed by atoms with van der Waals surface area (Å²) in [4.78, 5) is 38.0. The van der Waals surface area contributed by atoms with Gasteiger partial charge in [0.05, 0.1) is 11.1 Å². The normalized spacial score (nSPS) is 13.2. The van der Waals surface area contributed by atoms with Crippen molar-refractivity contribution in [2.75, 3.05) is 17.2 Å². The van der Waals surface area contributed by atoms with E-state index in [9.17, 15) is 18.8 Å². The van der Waals surface area contributed by atoms with E-state index in [0.717, 1.165) is 0 Å². The lowest BCUT2D eigenvalue weighted by molar-refractivity contribution is 0.0636. The van der Waals surface area contributed by atoms with Gasteiger partial charge in [-0.05, 0) is 42.3 Å². The second-order valence-corrected chi connectivity index (χ2v) is 6.46. The van der Waals surface area contributed by atoms with Crippen LogP contribution in [0.2, 0.25) is 0 Å². The summed E-state index contributed by atoms with van der Waals surface area (Å²) >= 11 is 0. The molecule has 0 radical (unpaired) electrons. The van der Waals surface area contributed by atoms with Crippen molar-refractivity contribution >= 4 is 29.2 Å². The SMILES string of the molecule is CC(C)CN1C(=O)c2ccc(NC(=O)Nc3cccc(F)c3)cc2C1=O.